The summed E-state index contributed by atoms with van der Waals surface area (Å²) in [5.74, 6) is -2.91. The zero-order chi connectivity index (χ0) is 23.6. The average molecular weight is 458 g/mol. The fourth-order valence-corrected chi connectivity index (χ4v) is 3.23. The number of urea groups is 1. The van der Waals surface area contributed by atoms with Gasteiger partial charge in [-0.15, -0.1) is 0 Å². The van der Waals surface area contributed by atoms with Crippen molar-refractivity contribution in [3.63, 3.8) is 0 Å². The van der Waals surface area contributed by atoms with Crippen LogP contribution in [0.25, 0.3) is 0 Å². The summed E-state index contributed by atoms with van der Waals surface area (Å²) in [6.45, 7) is 4.75. The Morgan fingerprint density at radius 2 is 1.62 bits per heavy atom. The van der Waals surface area contributed by atoms with Gasteiger partial charge in [-0.05, 0) is 51.1 Å². The lowest BCUT2D eigenvalue weighted by molar-refractivity contribution is -0.127. The van der Waals surface area contributed by atoms with Crippen molar-refractivity contribution in [2.24, 2.45) is 0 Å². The number of benzene rings is 2. The van der Waals surface area contributed by atoms with Crippen LogP contribution in [0.3, 0.4) is 0 Å². The Kier molecular flexibility index (Phi) is 6.59. The van der Waals surface area contributed by atoms with E-state index in [9.17, 15) is 24.0 Å². The predicted octanol–water partition coefficient (Wildman–Crippen LogP) is 2.92. The number of amides is 5. The molecule has 1 aliphatic rings. The van der Waals surface area contributed by atoms with Crippen LogP contribution in [0.5, 0.6) is 0 Å². The molecule has 0 saturated carbocycles. The molecule has 10 heteroatoms. The number of ether oxygens (including phenoxy) is 1. The van der Waals surface area contributed by atoms with Crippen molar-refractivity contribution in [3.05, 3.63) is 64.2 Å². The SMILES string of the molecule is CC(C)NC(=O)NC(=O)C(C)OC(=O)c1ccc2c(c1)C(=O)N(c1ccccc1Cl)C2=O. The third kappa shape index (κ3) is 4.62. The normalized spacial score (nSPS) is 13.6. The predicted molar refractivity (Wildman–Crippen MR) is 116 cm³/mol. The number of fused-ring (bicyclic) bond motifs is 1. The molecule has 166 valence electrons. The summed E-state index contributed by atoms with van der Waals surface area (Å²) in [6, 6.07) is 9.38. The summed E-state index contributed by atoms with van der Waals surface area (Å²) < 4.78 is 5.09. The fourth-order valence-electron chi connectivity index (χ4n) is 3.01. The van der Waals surface area contributed by atoms with Gasteiger partial charge < -0.3 is 10.1 Å². The second-order valence-corrected chi connectivity index (χ2v) is 7.73. The summed E-state index contributed by atoms with van der Waals surface area (Å²) in [4.78, 5) is 62.7. The molecule has 32 heavy (non-hydrogen) atoms. The van der Waals surface area contributed by atoms with Crippen LogP contribution in [0, 0.1) is 0 Å². The standard InChI is InChI=1S/C22H20ClN3O6/c1-11(2)24-22(31)25-18(27)12(3)32-21(30)13-8-9-14-15(10-13)20(29)26(19(14)28)17-7-5-4-6-16(17)23/h4-12H,1-3H3,(H2,24,25,27,31). The molecular formula is C22H20ClN3O6. The Balaban J connectivity index is 1.75. The van der Waals surface area contributed by atoms with Crippen molar-refractivity contribution in [1.82, 2.24) is 10.6 Å². The monoisotopic (exact) mass is 457 g/mol. The molecular weight excluding hydrogens is 438 g/mol. The average Bonchev–Trinajstić information content (AvgIpc) is 2.97. The van der Waals surface area contributed by atoms with E-state index in [-0.39, 0.29) is 33.4 Å². The van der Waals surface area contributed by atoms with Crippen LogP contribution in [-0.2, 0) is 9.53 Å². The molecule has 2 aromatic carbocycles. The lowest BCUT2D eigenvalue weighted by Gasteiger charge is -2.15. The van der Waals surface area contributed by atoms with Gasteiger partial charge in [0, 0.05) is 6.04 Å². The molecule has 1 atom stereocenters. The molecule has 1 heterocycles. The van der Waals surface area contributed by atoms with Gasteiger partial charge in [-0.3, -0.25) is 19.7 Å². The largest absolute Gasteiger partial charge is 0.449 e. The second-order valence-electron chi connectivity index (χ2n) is 7.32. The smallest absolute Gasteiger partial charge is 0.338 e. The summed E-state index contributed by atoms with van der Waals surface area (Å²) in [5, 5.41) is 4.77. The Bertz CT molecular complexity index is 1130. The van der Waals surface area contributed by atoms with Crippen molar-refractivity contribution in [2.45, 2.75) is 32.9 Å². The Hall–Kier alpha value is -3.72. The maximum Gasteiger partial charge on any atom is 0.338 e. The van der Waals surface area contributed by atoms with Crippen LogP contribution in [-0.4, -0.2) is 41.9 Å². The van der Waals surface area contributed by atoms with Crippen LogP contribution < -0.4 is 15.5 Å². The summed E-state index contributed by atoms with van der Waals surface area (Å²) in [5.41, 5.74) is 0.326. The van der Waals surface area contributed by atoms with E-state index in [0.717, 1.165) is 4.90 Å². The van der Waals surface area contributed by atoms with Crippen molar-refractivity contribution >= 4 is 47.0 Å². The molecule has 0 radical (unpaired) electrons. The Morgan fingerprint density at radius 3 is 2.28 bits per heavy atom. The van der Waals surface area contributed by atoms with Gasteiger partial charge in [-0.25, -0.2) is 14.5 Å². The highest BCUT2D eigenvalue weighted by atomic mass is 35.5. The highest BCUT2D eigenvalue weighted by molar-refractivity contribution is 6.39. The van der Waals surface area contributed by atoms with E-state index in [1.807, 2.05) is 0 Å². The zero-order valence-electron chi connectivity index (χ0n) is 17.5. The van der Waals surface area contributed by atoms with Gasteiger partial charge in [0.2, 0.25) is 0 Å². The van der Waals surface area contributed by atoms with Crippen LogP contribution in [0.1, 0.15) is 51.8 Å². The van der Waals surface area contributed by atoms with Gasteiger partial charge in [0.1, 0.15) is 0 Å². The van der Waals surface area contributed by atoms with Crippen molar-refractivity contribution in [1.29, 1.82) is 0 Å². The van der Waals surface area contributed by atoms with Crippen LogP contribution in [0.15, 0.2) is 42.5 Å². The first-order valence-corrected chi connectivity index (χ1v) is 10.1. The minimum absolute atomic E-state index is 0.0118. The number of para-hydroxylation sites is 1. The quantitative estimate of drug-likeness (QED) is 0.526. The summed E-state index contributed by atoms with van der Waals surface area (Å²) in [7, 11) is 0. The number of carbonyl (C=O) groups is 5. The Labute approximate surface area is 188 Å². The van der Waals surface area contributed by atoms with E-state index in [1.54, 1.807) is 32.0 Å². The van der Waals surface area contributed by atoms with E-state index < -0.39 is 35.8 Å². The van der Waals surface area contributed by atoms with E-state index in [0.29, 0.717) is 0 Å². The fraction of sp³-hybridized carbons (Fsp3) is 0.227. The van der Waals surface area contributed by atoms with E-state index in [4.69, 9.17) is 16.3 Å². The molecule has 2 aromatic rings. The van der Waals surface area contributed by atoms with Crippen LogP contribution in [0.2, 0.25) is 5.02 Å². The molecule has 0 bridgehead atoms. The molecule has 0 saturated heterocycles. The molecule has 0 aliphatic carbocycles. The maximum atomic E-state index is 12.9. The summed E-state index contributed by atoms with van der Waals surface area (Å²) in [6.07, 6.45) is -1.27. The number of imide groups is 2. The number of anilines is 1. The van der Waals surface area contributed by atoms with Gasteiger partial charge >= 0.3 is 12.0 Å². The minimum Gasteiger partial charge on any atom is -0.449 e. The van der Waals surface area contributed by atoms with Crippen LogP contribution in [0.4, 0.5) is 10.5 Å². The van der Waals surface area contributed by atoms with Crippen molar-refractivity contribution in [2.75, 3.05) is 4.90 Å². The molecule has 2 N–H and O–H groups in total. The maximum absolute atomic E-state index is 12.9. The van der Waals surface area contributed by atoms with Crippen molar-refractivity contribution < 1.29 is 28.7 Å². The minimum atomic E-state index is -1.27. The number of nitrogens with one attached hydrogen (secondary N) is 2. The Morgan fingerprint density at radius 1 is 0.969 bits per heavy atom. The molecule has 0 spiro atoms. The van der Waals surface area contributed by atoms with E-state index in [2.05, 4.69) is 10.6 Å². The molecule has 3 rings (SSSR count). The van der Waals surface area contributed by atoms with Gasteiger partial charge in [0.15, 0.2) is 6.10 Å². The molecule has 1 aliphatic heterocycles. The second kappa shape index (κ2) is 9.19. The lowest BCUT2D eigenvalue weighted by Crippen LogP contribution is -2.46. The zero-order valence-corrected chi connectivity index (χ0v) is 18.2. The highest BCUT2D eigenvalue weighted by Gasteiger charge is 2.38. The first-order chi connectivity index (χ1) is 15.1. The van der Waals surface area contributed by atoms with Gasteiger partial charge in [0.25, 0.3) is 17.7 Å². The highest BCUT2D eigenvalue weighted by Crippen LogP contribution is 2.33. The first-order valence-electron chi connectivity index (χ1n) is 9.70. The molecule has 0 fully saturated rings. The van der Waals surface area contributed by atoms with Crippen molar-refractivity contribution in [3.8, 4) is 0 Å². The number of hydrogen-bond acceptors (Lipinski definition) is 6. The third-order valence-electron chi connectivity index (χ3n) is 4.53. The summed E-state index contributed by atoms with van der Waals surface area (Å²) >= 11 is 6.12. The number of nitrogens with zero attached hydrogens (tertiary/aromatic N) is 1. The van der Waals surface area contributed by atoms with Gasteiger partial charge in [-0.2, -0.15) is 0 Å². The molecule has 0 aromatic heterocycles. The van der Waals surface area contributed by atoms with E-state index in [1.165, 1.54) is 31.2 Å². The molecule has 9 nitrogen and oxygen atoms in total. The van der Waals surface area contributed by atoms with Crippen LogP contribution >= 0.6 is 11.6 Å². The number of esters is 1. The number of halogens is 1. The first kappa shape index (κ1) is 23.0. The number of rotatable bonds is 5. The van der Waals surface area contributed by atoms with Gasteiger partial charge in [0.05, 0.1) is 27.4 Å². The third-order valence-corrected chi connectivity index (χ3v) is 4.84. The number of hydrogen-bond donors (Lipinski definition) is 2. The topological polar surface area (TPSA) is 122 Å². The molecule has 5 amide bonds. The molecule has 1 unspecified atom stereocenters. The lowest BCUT2D eigenvalue weighted by atomic mass is 10.1. The van der Waals surface area contributed by atoms with E-state index >= 15 is 0 Å². The number of carbonyl (C=O) groups excluding carboxylic acids is 5. The van der Waals surface area contributed by atoms with Gasteiger partial charge in [-0.1, -0.05) is 23.7 Å².